The number of hydrogen-bond acceptors (Lipinski definition) is 2. The van der Waals surface area contributed by atoms with Gasteiger partial charge in [-0.1, -0.05) is 141 Å². The summed E-state index contributed by atoms with van der Waals surface area (Å²) in [6, 6.07) is 63.6. The molecule has 1 heterocycles. The summed E-state index contributed by atoms with van der Waals surface area (Å²) >= 11 is 0. The van der Waals surface area contributed by atoms with Crippen LogP contribution in [0, 0.1) is 6.07 Å². The molecule has 0 aliphatic rings. The summed E-state index contributed by atoms with van der Waals surface area (Å²) in [6.45, 7) is 4.57. The van der Waals surface area contributed by atoms with Crippen molar-refractivity contribution in [3.05, 3.63) is 193 Å². The molecular formula is C47H35IrN2-. The van der Waals surface area contributed by atoms with Gasteiger partial charge in [-0.3, -0.25) is 9.97 Å². The Hall–Kier alpha value is -5.47. The van der Waals surface area contributed by atoms with E-state index >= 15 is 0 Å². The van der Waals surface area contributed by atoms with Crippen molar-refractivity contribution in [2.75, 3.05) is 0 Å². The Morgan fingerprint density at radius 2 is 0.960 bits per heavy atom. The monoisotopic (exact) mass is 820 g/mol. The molecule has 0 fully saturated rings. The molecule has 0 aliphatic heterocycles. The summed E-state index contributed by atoms with van der Waals surface area (Å²) in [5, 5.41) is 1.02. The fourth-order valence-corrected chi connectivity index (χ4v) is 6.61. The zero-order valence-electron chi connectivity index (χ0n) is 28.0. The molecule has 1 radical (unpaired) electrons. The number of nitrogens with zero attached hydrogens (tertiary/aromatic N) is 2. The third-order valence-electron chi connectivity index (χ3n) is 9.56. The number of rotatable bonds is 7. The van der Waals surface area contributed by atoms with Gasteiger partial charge in [0.05, 0.1) is 11.3 Å². The molecule has 0 N–H and O–H groups in total. The fraction of sp³-hybridized carbons (Fsp3) is 0.0638. The van der Waals surface area contributed by atoms with E-state index < -0.39 is 0 Å². The Bertz CT molecular complexity index is 2400. The minimum atomic E-state index is -0.0653. The van der Waals surface area contributed by atoms with Crippen molar-refractivity contribution in [1.82, 2.24) is 9.97 Å². The second-order valence-corrected chi connectivity index (χ2v) is 13.1. The van der Waals surface area contributed by atoms with Crippen molar-refractivity contribution < 1.29 is 20.1 Å². The van der Waals surface area contributed by atoms with E-state index in [1.807, 2.05) is 18.3 Å². The molecule has 1 aromatic heterocycles. The van der Waals surface area contributed by atoms with Crippen LogP contribution >= 0.6 is 0 Å². The van der Waals surface area contributed by atoms with Gasteiger partial charge in [-0.05, 0) is 74.3 Å². The quantitative estimate of drug-likeness (QED) is 0.150. The molecule has 3 heteroatoms. The molecule has 50 heavy (non-hydrogen) atoms. The standard InChI is InChI=1S/C47H35N2.Ir/c1-47(2,43-20-7-4-8-21-43)44-25-22-34(23-26-44)35-14-9-15-36(28-35)37-16-10-17-38(29-37)39-18-11-19-41(30-39)46-48-32-42-31-40(24-27-45(42)49-46)33-12-5-3-6-13-33;/h3-18,20-32H,1-2H3;/q-1;. The molecule has 0 unspecified atom stereocenters. The molecular weight excluding hydrogens is 785 g/mol. The summed E-state index contributed by atoms with van der Waals surface area (Å²) in [4.78, 5) is 9.65. The molecule has 0 saturated heterocycles. The zero-order chi connectivity index (χ0) is 33.2. The Morgan fingerprint density at radius 1 is 0.460 bits per heavy atom. The van der Waals surface area contributed by atoms with Crippen molar-refractivity contribution in [3.8, 4) is 55.9 Å². The number of fused-ring (bicyclic) bond motifs is 1. The van der Waals surface area contributed by atoms with Crippen LogP contribution in [-0.2, 0) is 25.5 Å². The first-order valence-electron chi connectivity index (χ1n) is 16.7. The Kier molecular flexibility index (Phi) is 9.37. The first-order valence-corrected chi connectivity index (χ1v) is 16.7. The second-order valence-electron chi connectivity index (χ2n) is 13.1. The summed E-state index contributed by atoms with van der Waals surface area (Å²) in [5.74, 6) is 0.670. The van der Waals surface area contributed by atoms with E-state index in [4.69, 9.17) is 9.97 Å². The number of benzene rings is 7. The van der Waals surface area contributed by atoms with Gasteiger partial charge in [-0.25, -0.2) is 0 Å². The van der Waals surface area contributed by atoms with E-state index in [0.29, 0.717) is 5.82 Å². The van der Waals surface area contributed by atoms with Crippen molar-refractivity contribution in [1.29, 1.82) is 0 Å². The SMILES string of the molecule is CC(C)(c1ccccc1)c1ccc(-c2cccc(-c3cccc(-c4cc[c-]c(-c5ncc6cc(-c7ccccc7)ccc6n5)c4)c3)c2)cc1.[Ir]. The minimum absolute atomic E-state index is 0. The molecule has 0 atom stereocenters. The van der Waals surface area contributed by atoms with Gasteiger partial charge in [0.25, 0.3) is 0 Å². The predicted octanol–water partition coefficient (Wildman–Crippen LogP) is 12.1. The van der Waals surface area contributed by atoms with Gasteiger partial charge in [0.15, 0.2) is 0 Å². The summed E-state index contributed by atoms with van der Waals surface area (Å²) in [7, 11) is 0. The van der Waals surface area contributed by atoms with E-state index in [2.05, 4.69) is 178 Å². The Labute approximate surface area is 307 Å². The third kappa shape index (κ3) is 6.71. The second kappa shape index (κ2) is 14.2. The van der Waals surface area contributed by atoms with Crippen LogP contribution in [0.2, 0.25) is 0 Å². The van der Waals surface area contributed by atoms with Crippen molar-refractivity contribution in [2.24, 2.45) is 0 Å². The minimum Gasteiger partial charge on any atom is -0.285 e. The maximum atomic E-state index is 4.91. The van der Waals surface area contributed by atoms with Gasteiger partial charge in [0.1, 0.15) is 0 Å². The van der Waals surface area contributed by atoms with E-state index in [0.717, 1.165) is 33.2 Å². The molecule has 8 aromatic rings. The number of aromatic nitrogens is 2. The largest absolute Gasteiger partial charge is 0.285 e. The summed E-state index contributed by atoms with van der Waals surface area (Å²) in [6.07, 6.45) is 1.91. The Morgan fingerprint density at radius 3 is 1.62 bits per heavy atom. The van der Waals surface area contributed by atoms with Gasteiger partial charge in [0, 0.05) is 37.1 Å². The van der Waals surface area contributed by atoms with Crippen LogP contribution in [0.5, 0.6) is 0 Å². The maximum Gasteiger partial charge on any atom is 0.0756 e. The predicted molar refractivity (Wildman–Crippen MR) is 204 cm³/mol. The first-order chi connectivity index (χ1) is 24.0. The van der Waals surface area contributed by atoms with Gasteiger partial charge >= 0.3 is 0 Å². The Balaban J connectivity index is 0.00000392. The van der Waals surface area contributed by atoms with Gasteiger partial charge in [-0.2, -0.15) is 0 Å². The van der Waals surface area contributed by atoms with Crippen LogP contribution in [0.25, 0.3) is 66.8 Å². The van der Waals surface area contributed by atoms with Crippen molar-refractivity contribution in [2.45, 2.75) is 19.3 Å². The zero-order valence-corrected chi connectivity index (χ0v) is 30.4. The van der Waals surface area contributed by atoms with Gasteiger partial charge < -0.3 is 0 Å². The molecule has 7 aromatic carbocycles. The average Bonchev–Trinajstić information content (AvgIpc) is 3.18. The van der Waals surface area contributed by atoms with E-state index in [9.17, 15) is 0 Å². The maximum absolute atomic E-state index is 4.91. The third-order valence-corrected chi connectivity index (χ3v) is 9.56. The summed E-state index contributed by atoms with van der Waals surface area (Å²) in [5.41, 5.74) is 13.7. The van der Waals surface area contributed by atoms with E-state index in [-0.39, 0.29) is 25.5 Å². The van der Waals surface area contributed by atoms with Crippen molar-refractivity contribution >= 4 is 10.9 Å². The van der Waals surface area contributed by atoms with Crippen molar-refractivity contribution in [3.63, 3.8) is 0 Å². The van der Waals surface area contributed by atoms with Crippen LogP contribution < -0.4 is 0 Å². The van der Waals surface area contributed by atoms with Crippen LogP contribution in [0.3, 0.4) is 0 Å². The molecule has 243 valence electrons. The van der Waals surface area contributed by atoms with Gasteiger partial charge in [-0.15, -0.1) is 35.4 Å². The summed E-state index contributed by atoms with van der Waals surface area (Å²) < 4.78 is 0. The molecule has 8 rings (SSSR count). The molecule has 2 nitrogen and oxygen atoms in total. The van der Waals surface area contributed by atoms with Crippen LogP contribution in [0.1, 0.15) is 25.0 Å². The molecule has 0 aliphatic carbocycles. The molecule has 0 saturated carbocycles. The van der Waals surface area contributed by atoms with Crippen LogP contribution in [-0.4, -0.2) is 9.97 Å². The van der Waals surface area contributed by atoms with Crippen LogP contribution in [0.4, 0.5) is 0 Å². The van der Waals surface area contributed by atoms with E-state index in [1.54, 1.807) is 0 Å². The molecule has 0 bridgehead atoms. The topological polar surface area (TPSA) is 25.8 Å². The normalized spacial score (nSPS) is 11.2. The number of hydrogen-bond donors (Lipinski definition) is 0. The molecule has 0 amide bonds. The fourth-order valence-electron chi connectivity index (χ4n) is 6.61. The molecule has 0 spiro atoms. The first kappa shape index (κ1) is 33.0. The smallest absolute Gasteiger partial charge is 0.0756 e. The van der Waals surface area contributed by atoms with Crippen LogP contribution in [0.15, 0.2) is 176 Å². The van der Waals surface area contributed by atoms with Gasteiger partial charge in [0.2, 0.25) is 0 Å². The van der Waals surface area contributed by atoms with E-state index in [1.165, 1.54) is 38.9 Å². The average molecular weight is 820 g/mol.